The van der Waals surface area contributed by atoms with E-state index < -0.39 is 205 Å². The second-order valence-corrected chi connectivity index (χ2v) is 24.5. The Bertz CT molecular complexity index is 3110. The van der Waals surface area contributed by atoms with Gasteiger partial charge in [0.05, 0.1) is 31.8 Å². The van der Waals surface area contributed by atoms with Crippen LogP contribution in [0.2, 0.25) is 0 Å². The minimum atomic E-state index is -2.00. The molecule has 0 unspecified atom stereocenters. The average Bonchev–Trinajstić information content (AvgIpc) is 1.17. The number of nitrogens with zero attached hydrogens (tertiary/aromatic N) is 2. The van der Waals surface area contributed by atoms with E-state index in [9.17, 15) is 87.2 Å². The third-order valence-electron chi connectivity index (χ3n) is 15.4. The standard InChI is InChI=1S/C62H99N19O18/c1-9-15-36(73-59(97)44(28-82)80-60(98)48(64)32(7)10-2)54(92)81-49(31(5)6)61(99)79-42(25-45(63)83)58(96)76-40(22-30(3)4)56(94)78-43(26-47(86)87)55(93)71-33(8)51(89)72-38(19-20-46(84)85)53(91)77-41(23-34-16-12-11-13-17-34)57(95)74-37(18-14-21-69-62(66)67)52(90)75-39(50(65)88)24-35-27-68-29-70-35/h11-13,16-17,27,29-33,36-44,48-49,82H,9-10,14-15,18-26,28,64H2,1-8H3,(H2,63,83)(H2,65,88)(H,68,70)(H,71,93)(H,72,89)(H,73,97)(H,74,95)(H,75,90)(H,76,96)(H,77,91)(H,78,94)(H,79,99)(H,80,98)(H,81,92)(H,84,85)(H,86,87)(H4,66,67,69)/t32-,33-,36-,37-,38-,39-,40-,41-,42-,43-,44-,48-,49-/m0/s1. The monoisotopic (exact) mass is 1400 g/mol. The molecule has 0 saturated carbocycles. The molecule has 13 atom stereocenters. The molecule has 0 aliphatic carbocycles. The Morgan fingerprint density at radius 1 is 0.525 bits per heavy atom. The van der Waals surface area contributed by atoms with Crippen LogP contribution in [0, 0.1) is 17.8 Å². The average molecular weight is 1400 g/mol. The smallest absolute Gasteiger partial charge is 0.305 e. The van der Waals surface area contributed by atoms with Gasteiger partial charge < -0.3 is 107 Å². The molecule has 13 amide bonds. The fourth-order valence-corrected chi connectivity index (χ4v) is 9.60. The zero-order chi connectivity index (χ0) is 74.8. The molecule has 1 aromatic carbocycles. The third kappa shape index (κ3) is 31.2. The van der Waals surface area contributed by atoms with Crippen molar-refractivity contribution in [3.63, 3.8) is 0 Å². The summed E-state index contributed by atoms with van der Waals surface area (Å²) in [6.07, 6.45) is -0.352. The SMILES string of the molecule is CCC[C@H](NC(=O)[C@H](CO)NC(=O)[C@@H](N)[C@@H](C)CC)C(=O)N[C@H](C(=O)N[C@@H](CC(N)=O)C(=O)N[C@@H](CC(C)C)C(=O)N[C@@H](CC(=O)O)C(=O)N[C@@H](C)C(=O)N[C@@H](CCC(=O)O)C(=O)N[C@@H](Cc1ccccc1)C(=O)N[C@@H](CCCN=C(N)N)C(=O)N[C@@H](Cc1cnc[nH]1)C(N)=O)C(C)C. The molecule has 2 rings (SSSR count). The Balaban J connectivity index is 2.41. The molecule has 1 heterocycles. The zero-order valence-electron chi connectivity index (χ0n) is 56.8. The second kappa shape index (κ2) is 43.1. The summed E-state index contributed by atoms with van der Waals surface area (Å²) in [7, 11) is 0. The molecule has 99 heavy (non-hydrogen) atoms. The molecule has 37 nitrogen and oxygen atoms in total. The van der Waals surface area contributed by atoms with Crippen LogP contribution in [0.4, 0.5) is 0 Å². The molecule has 0 fully saturated rings. The van der Waals surface area contributed by atoms with Gasteiger partial charge in [0.1, 0.15) is 66.5 Å². The number of hydrogen-bond donors (Lipinski definition) is 20. The van der Waals surface area contributed by atoms with Crippen LogP contribution in [0.25, 0.3) is 0 Å². The number of nitrogens with one attached hydrogen (secondary N) is 12. The van der Waals surface area contributed by atoms with Gasteiger partial charge in [0, 0.05) is 37.7 Å². The summed E-state index contributed by atoms with van der Waals surface area (Å²) < 4.78 is 0. The van der Waals surface area contributed by atoms with E-state index in [0.717, 1.165) is 6.92 Å². The number of H-pyrrole nitrogens is 1. The molecule has 2 aromatic rings. The lowest BCUT2D eigenvalue weighted by molar-refractivity contribution is -0.142. The molecule has 0 saturated heterocycles. The number of aliphatic hydroxyl groups is 1. The lowest BCUT2D eigenvalue weighted by atomic mass is 9.99. The van der Waals surface area contributed by atoms with Crippen molar-refractivity contribution in [2.45, 2.75) is 205 Å². The van der Waals surface area contributed by atoms with Gasteiger partial charge in [0.15, 0.2) is 5.96 Å². The number of benzene rings is 1. The van der Waals surface area contributed by atoms with Crippen LogP contribution in [-0.2, 0) is 84.8 Å². The number of nitrogens with two attached hydrogens (primary N) is 5. The van der Waals surface area contributed by atoms with E-state index in [1.54, 1.807) is 65.0 Å². The first-order valence-corrected chi connectivity index (χ1v) is 32.3. The topological polar surface area (TPSA) is 620 Å². The summed E-state index contributed by atoms with van der Waals surface area (Å²) in [5.41, 5.74) is 29.0. The Morgan fingerprint density at radius 3 is 1.54 bits per heavy atom. The maximum absolute atomic E-state index is 14.4. The van der Waals surface area contributed by atoms with Crippen molar-refractivity contribution in [2.75, 3.05) is 13.2 Å². The number of rotatable bonds is 46. The minimum Gasteiger partial charge on any atom is -0.481 e. The number of amides is 13. The van der Waals surface area contributed by atoms with Gasteiger partial charge in [-0.1, -0.05) is 91.6 Å². The number of carboxylic acids is 2. The Morgan fingerprint density at radius 2 is 1.01 bits per heavy atom. The van der Waals surface area contributed by atoms with Crippen molar-refractivity contribution >= 4 is 94.7 Å². The number of carboxylic acid groups (broad SMARTS) is 2. The Labute approximate surface area is 572 Å². The van der Waals surface area contributed by atoms with Gasteiger partial charge >= 0.3 is 11.9 Å². The normalized spacial score (nSPS) is 15.0. The number of imidazole rings is 1. The maximum atomic E-state index is 14.4. The highest BCUT2D eigenvalue weighted by atomic mass is 16.4. The number of carbonyl (C=O) groups is 15. The second-order valence-electron chi connectivity index (χ2n) is 24.5. The molecule has 0 spiro atoms. The molecular formula is C62H99N19O18. The number of aliphatic imine (C=N–C) groups is 1. The molecule has 0 aliphatic rings. The molecule has 0 radical (unpaired) electrons. The van der Waals surface area contributed by atoms with Crippen LogP contribution in [0.5, 0.6) is 0 Å². The van der Waals surface area contributed by atoms with E-state index in [0.29, 0.717) is 24.1 Å². The molecular weight excluding hydrogens is 1300 g/mol. The van der Waals surface area contributed by atoms with Gasteiger partial charge in [-0.3, -0.25) is 76.9 Å². The fourth-order valence-electron chi connectivity index (χ4n) is 9.60. The number of guanidine groups is 1. The third-order valence-corrected chi connectivity index (χ3v) is 15.4. The Kier molecular flexibility index (Phi) is 36.9. The number of aromatic amines is 1. The van der Waals surface area contributed by atoms with E-state index >= 15 is 0 Å². The number of hydrogen-bond acceptors (Lipinski definition) is 19. The molecule has 37 heteroatoms. The first-order chi connectivity index (χ1) is 46.5. The minimum absolute atomic E-state index is 0.000839. The number of carbonyl (C=O) groups excluding carboxylic acids is 13. The fraction of sp³-hybridized carbons (Fsp3) is 0.597. The van der Waals surface area contributed by atoms with E-state index in [4.69, 9.17) is 28.7 Å². The van der Waals surface area contributed by atoms with Crippen LogP contribution in [-0.4, -0.2) is 206 Å². The summed E-state index contributed by atoms with van der Waals surface area (Å²) in [5.74, 6) is -18.2. The lowest BCUT2D eigenvalue weighted by Gasteiger charge is -2.29. The van der Waals surface area contributed by atoms with Crippen LogP contribution in [0.15, 0.2) is 47.8 Å². The maximum Gasteiger partial charge on any atom is 0.305 e. The molecule has 25 N–H and O–H groups in total. The van der Waals surface area contributed by atoms with E-state index in [2.05, 4.69) is 73.4 Å². The van der Waals surface area contributed by atoms with Crippen LogP contribution in [0.3, 0.4) is 0 Å². The largest absolute Gasteiger partial charge is 0.481 e. The molecule has 0 bridgehead atoms. The van der Waals surface area contributed by atoms with Crippen molar-refractivity contribution in [1.82, 2.24) is 68.5 Å². The summed E-state index contributed by atoms with van der Waals surface area (Å²) >= 11 is 0. The summed E-state index contributed by atoms with van der Waals surface area (Å²) in [6, 6.07) is -10.4. The quantitative estimate of drug-likeness (QED) is 0.0167. The van der Waals surface area contributed by atoms with Crippen molar-refractivity contribution in [2.24, 2.45) is 51.4 Å². The molecule has 1 aromatic heterocycles. The predicted molar refractivity (Wildman–Crippen MR) is 355 cm³/mol. The number of aromatic nitrogens is 2. The van der Waals surface area contributed by atoms with Gasteiger partial charge in [0.2, 0.25) is 76.8 Å². The van der Waals surface area contributed by atoms with Crippen LogP contribution < -0.4 is 87.2 Å². The highest BCUT2D eigenvalue weighted by Gasteiger charge is 2.38. The number of aliphatic hydroxyl groups excluding tert-OH is 1. The predicted octanol–water partition coefficient (Wildman–Crippen LogP) is -5.83. The van der Waals surface area contributed by atoms with Crippen molar-refractivity contribution in [3.8, 4) is 0 Å². The van der Waals surface area contributed by atoms with Crippen LogP contribution >= 0.6 is 0 Å². The Hall–Kier alpha value is -10.3. The van der Waals surface area contributed by atoms with Gasteiger partial charge in [-0.2, -0.15) is 0 Å². The van der Waals surface area contributed by atoms with E-state index in [-0.39, 0.29) is 56.9 Å². The number of primary amides is 2. The summed E-state index contributed by atoms with van der Waals surface area (Å²) in [5, 5.41) is 56.1. The first kappa shape index (κ1) is 84.8. The highest BCUT2D eigenvalue weighted by Crippen LogP contribution is 2.13. The number of aliphatic carboxylic acids is 2. The van der Waals surface area contributed by atoms with Crippen molar-refractivity contribution in [3.05, 3.63) is 54.1 Å². The van der Waals surface area contributed by atoms with E-state index in [1.165, 1.54) is 26.4 Å². The van der Waals surface area contributed by atoms with Crippen molar-refractivity contribution < 1.29 is 87.2 Å². The lowest BCUT2D eigenvalue weighted by Crippen LogP contribution is -2.61. The summed E-state index contributed by atoms with van der Waals surface area (Å²) in [4.78, 5) is 212. The zero-order valence-corrected chi connectivity index (χ0v) is 56.8. The van der Waals surface area contributed by atoms with Crippen LogP contribution in [0.1, 0.15) is 131 Å². The van der Waals surface area contributed by atoms with Gasteiger partial charge in [-0.15, -0.1) is 0 Å². The molecule has 0 aliphatic heterocycles. The molecule has 550 valence electrons. The highest BCUT2D eigenvalue weighted by molar-refractivity contribution is 6.01. The van der Waals surface area contributed by atoms with E-state index in [1.807, 2.05) is 0 Å². The van der Waals surface area contributed by atoms with Crippen molar-refractivity contribution in [1.29, 1.82) is 0 Å². The van der Waals surface area contributed by atoms with Gasteiger partial charge in [-0.25, -0.2) is 4.98 Å². The van der Waals surface area contributed by atoms with Gasteiger partial charge in [-0.05, 0) is 62.3 Å². The summed E-state index contributed by atoms with van der Waals surface area (Å²) in [6.45, 7) is 11.7. The first-order valence-electron chi connectivity index (χ1n) is 32.3. The van der Waals surface area contributed by atoms with Gasteiger partial charge in [0.25, 0.3) is 0 Å².